The second-order valence-electron chi connectivity index (χ2n) is 6.50. The minimum Gasteiger partial charge on any atom is -0.493 e. The average Bonchev–Trinajstić information content (AvgIpc) is 2.89. The van der Waals surface area contributed by atoms with Crippen LogP contribution in [0.4, 0.5) is 0 Å². The first-order valence-electron chi connectivity index (χ1n) is 8.87. The molecule has 1 saturated carbocycles. The highest BCUT2D eigenvalue weighted by Gasteiger charge is 2.37. The molecule has 0 aliphatic heterocycles. The molecule has 4 nitrogen and oxygen atoms in total. The molecule has 1 N–H and O–H groups in total. The van der Waals surface area contributed by atoms with Gasteiger partial charge < -0.3 is 14.6 Å². The van der Waals surface area contributed by atoms with E-state index in [2.05, 4.69) is 23.5 Å². The number of hydrogen-bond acceptors (Lipinski definition) is 4. The number of allylic oxidation sites excluding steroid dienone is 2. The number of ether oxygens (including phenoxy) is 2. The van der Waals surface area contributed by atoms with Crippen LogP contribution in [0, 0.1) is 11.8 Å². The van der Waals surface area contributed by atoms with Crippen LogP contribution < -0.4 is 4.74 Å². The molecule has 0 heterocycles. The molecule has 4 heteroatoms. The lowest BCUT2D eigenvalue weighted by molar-refractivity contribution is -0.140. The van der Waals surface area contributed by atoms with E-state index in [9.17, 15) is 9.90 Å². The third kappa shape index (κ3) is 6.05. The van der Waals surface area contributed by atoms with Gasteiger partial charge in [-0.05, 0) is 43.7 Å². The second kappa shape index (κ2) is 10.0. The fourth-order valence-corrected chi connectivity index (χ4v) is 3.25. The number of benzene rings is 1. The maximum Gasteiger partial charge on any atom is 0.305 e. The van der Waals surface area contributed by atoms with Crippen LogP contribution in [0.1, 0.15) is 32.1 Å². The van der Waals surface area contributed by atoms with Crippen LogP contribution >= 0.6 is 0 Å². The quantitative estimate of drug-likeness (QED) is 0.419. The van der Waals surface area contributed by atoms with Gasteiger partial charge in [0.1, 0.15) is 5.75 Å². The number of aliphatic hydroxyl groups excluding tert-OH is 1. The predicted octanol–water partition coefficient (Wildman–Crippen LogP) is 3.91. The monoisotopic (exact) mass is 344 g/mol. The standard InChI is InChI=1S/C21H28O4/c1-16-14-20(22)19(15-25-17-10-6-5-7-11-17)18(16)12-8-3-4-9-13-21(23)24-2/h3,5-8,10-11,18-20,22H,1,4,9,12-15H2,2H3/b8-3-/t18-,19+,20+/m0/s1. The van der Waals surface area contributed by atoms with Gasteiger partial charge >= 0.3 is 5.97 Å². The predicted molar refractivity (Wildman–Crippen MR) is 98.3 cm³/mol. The Morgan fingerprint density at radius 3 is 2.80 bits per heavy atom. The third-order valence-corrected chi connectivity index (χ3v) is 4.73. The lowest BCUT2D eigenvalue weighted by Gasteiger charge is -2.21. The Balaban J connectivity index is 1.80. The molecule has 2 rings (SSSR count). The van der Waals surface area contributed by atoms with Gasteiger partial charge in [-0.15, -0.1) is 0 Å². The van der Waals surface area contributed by atoms with Crippen LogP contribution in [0.15, 0.2) is 54.6 Å². The van der Waals surface area contributed by atoms with Crippen molar-refractivity contribution in [3.05, 3.63) is 54.6 Å². The molecule has 25 heavy (non-hydrogen) atoms. The minimum absolute atomic E-state index is 0.0624. The van der Waals surface area contributed by atoms with Crippen LogP contribution in [0.25, 0.3) is 0 Å². The maximum absolute atomic E-state index is 11.1. The smallest absolute Gasteiger partial charge is 0.305 e. The van der Waals surface area contributed by atoms with Gasteiger partial charge in [-0.2, -0.15) is 0 Å². The lowest BCUT2D eigenvalue weighted by Crippen LogP contribution is -2.26. The molecule has 0 spiro atoms. The number of methoxy groups -OCH3 is 1. The summed E-state index contributed by atoms with van der Waals surface area (Å²) in [6.07, 6.45) is 7.40. The molecule has 0 unspecified atom stereocenters. The van der Waals surface area contributed by atoms with Gasteiger partial charge in [-0.1, -0.05) is 42.5 Å². The summed E-state index contributed by atoms with van der Waals surface area (Å²) in [6, 6.07) is 9.67. The summed E-state index contributed by atoms with van der Waals surface area (Å²) in [6.45, 7) is 4.62. The Kier molecular flexibility index (Phi) is 7.74. The number of esters is 1. The average molecular weight is 344 g/mol. The van der Waals surface area contributed by atoms with E-state index in [0.29, 0.717) is 19.4 Å². The van der Waals surface area contributed by atoms with Crippen molar-refractivity contribution in [2.75, 3.05) is 13.7 Å². The van der Waals surface area contributed by atoms with Crippen LogP contribution in [0.3, 0.4) is 0 Å². The van der Waals surface area contributed by atoms with Crippen LogP contribution in [-0.4, -0.2) is 30.9 Å². The van der Waals surface area contributed by atoms with Gasteiger partial charge in [0.15, 0.2) is 0 Å². The molecule has 0 amide bonds. The molecule has 0 saturated heterocycles. The first-order chi connectivity index (χ1) is 12.1. The van der Waals surface area contributed by atoms with Crippen molar-refractivity contribution < 1.29 is 19.4 Å². The van der Waals surface area contributed by atoms with Crippen molar-refractivity contribution in [2.45, 2.75) is 38.2 Å². The number of aliphatic hydroxyl groups is 1. The first kappa shape index (κ1) is 19.3. The number of para-hydroxylation sites is 1. The Bertz CT molecular complexity index is 579. The van der Waals surface area contributed by atoms with Gasteiger partial charge in [0, 0.05) is 12.3 Å². The first-order valence-corrected chi connectivity index (χ1v) is 8.87. The van der Waals surface area contributed by atoms with Crippen LogP contribution in [0.2, 0.25) is 0 Å². The van der Waals surface area contributed by atoms with Crippen molar-refractivity contribution in [1.82, 2.24) is 0 Å². The zero-order chi connectivity index (χ0) is 18.1. The summed E-state index contributed by atoms with van der Waals surface area (Å²) < 4.78 is 10.5. The second-order valence-corrected chi connectivity index (χ2v) is 6.50. The van der Waals surface area contributed by atoms with E-state index < -0.39 is 6.10 Å². The van der Waals surface area contributed by atoms with Crippen molar-refractivity contribution in [2.24, 2.45) is 11.8 Å². The molecule has 0 bridgehead atoms. The van der Waals surface area contributed by atoms with Gasteiger partial charge in [0.05, 0.1) is 19.8 Å². The minimum atomic E-state index is -0.395. The summed E-state index contributed by atoms with van der Waals surface area (Å²) in [4.78, 5) is 11.1. The van der Waals surface area contributed by atoms with Gasteiger partial charge in [-0.25, -0.2) is 0 Å². The van der Waals surface area contributed by atoms with E-state index in [1.807, 2.05) is 30.3 Å². The zero-order valence-corrected chi connectivity index (χ0v) is 14.9. The normalized spacial score (nSPS) is 23.1. The Morgan fingerprint density at radius 2 is 2.08 bits per heavy atom. The van der Waals surface area contributed by atoms with E-state index in [1.54, 1.807) is 0 Å². The molecule has 1 aliphatic carbocycles. The highest BCUT2D eigenvalue weighted by molar-refractivity contribution is 5.69. The number of rotatable bonds is 9. The molecule has 1 aliphatic rings. The fraction of sp³-hybridized carbons (Fsp3) is 0.476. The highest BCUT2D eigenvalue weighted by Crippen LogP contribution is 2.38. The molecular formula is C21H28O4. The molecule has 0 radical (unpaired) electrons. The van der Waals surface area contributed by atoms with E-state index in [4.69, 9.17) is 4.74 Å². The van der Waals surface area contributed by atoms with Crippen LogP contribution in [-0.2, 0) is 9.53 Å². The Labute approximate surface area is 150 Å². The molecule has 1 aromatic rings. The van der Waals surface area contributed by atoms with E-state index in [-0.39, 0.29) is 17.8 Å². The number of carbonyl (C=O) groups is 1. The molecule has 3 atom stereocenters. The van der Waals surface area contributed by atoms with Crippen LogP contribution in [0.5, 0.6) is 5.75 Å². The fourth-order valence-electron chi connectivity index (χ4n) is 3.25. The molecule has 136 valence electrons. The largest absolute Gasteiger partial charge is 0.493 e. The van der Waals surface area contributed by atoms with Gasteiger partial charge in [0.2, 0.25) is 0 Å². The highest BCUT2D eigenvalue weighted by atomic mass is 16.5. The zero-order valence-electron chi connectivity index (χ0n) is 14.9. The number of unbranched alkanes of at least 4 members (excludes halogenated alkanes) is 1. The Hall–Kier alpha value is -2.07. The number of carbonyl (C=O) groups excluding carboxylic acids is 1. The van der Waals surface area contributed by atoms with Gasteiger partial charge in [-0.3, -0.25) is 4.79 Å². The van der Waals surface area contributed by atoms with Gasteiger partial charge in [0.25, 0.3) is 0 Å². The van der Waals surface area contributed by atoms with E-state index >= 15 is 0 Å². The summed E-state index contributed by atoms with van der Waals surface area (Å²) in [5.74, 6) is 0.950. The van der Waals surface area contributed by atoms with Crippen molar-refractivity contribution in [1.29, 1.82) is 0 Å². The molecule has 0 aromatic heterocycles. The molecule has 1 aromatic carbocycles. The summed E-state index contributed by atoms with van der Waals surface area (Å²) in [5.41, 5.74) is 1.09. The summed E-state index contributed by atoms with van der Waals surface area (Å²) in [7, 11) is 1.41. The molecular weight excluding hydrogens is 316 g/mol. The molecule has 1 fully saturated rings. The topological polar surface area (TPSA) is 55.8 Å². The number of hydrogen-bond donors (Lipinski definition) is 1. The SMILES string of the molecule is C=C1C[C@@H](O)[C@H](COc2ccccc2)[C@H]1C/C=C\CCCC(=O)OC. The van der Waals surface area contributed by atoms with E-state index in [0.717, 1.165) is 30.6 Å². The maximum atomic E-state index is 11.1. The summed E-state index contributed by atoms with van der Waals surface area (Å²) in [5, 5.41) is 10.3. The van der Waals surface area contributed by atoms with E-state index in [1.165, 1.54) is 7.11 Å². The van der Waals surface area contributed by atoms with Crippen molar-refractivity contribution in [3.8, 4) is 5.75 Å². The summed E-state index contributed by atoms with van der Waals surface area (Å²) >= 11 is 0. The van der Waals surface area contributed by atoms with Crippen molar-refractivity contribution in [3.63, 3.8) is 0 Å². The Morgan fingerprint density at radius 1 is 1.32 bits per heavy atom. The van der Waals surface area contributed by atoms with Crippen molar-refractivity contribution >= 4 is 5.97 Å². The third-order valence-electron chi connectivity index (χ3n) is 4.73. The lowest BCUT2D eigenvalue weighted by atomic mass is 9.90.